The Morgan fingerprint density at radius 1 is 1.18 bits per heavy atom. The number of nitrogen functional groups attached to an aromatic ring is 1. The number of rotatable bonds is 6. The Kier molecular flexibility index (Phi) is 10.6. The first-order chi connectivity index (χ1) is 19.4. The van der Waals surface area contributed by atoms with Crippen molar-refractivity contribution >= 4 is 5.69 Å². The molecule has 218 valence electrons. The van der Waals surface area contributed by atoms with Crippen molar-refractivity contribution in [2.45, 2.75) is 129 Å². The smallest absolute Gasteiger partial charge is 0.128 e. The van der Waals surface area contributed by atoms with Gasteiger partial charge in [0.1, 0.15) is 18.1 Å². The van der Waals surface area contributed by atoms with Crippen LogP contribution in [-0.4, -0.2) is 39.7 Å². The Morgan fingerprint density at radius 2 is 1.98 bits per heavy atom. The first kappa shape index (κ1) is 30.4. The van der Waals surface area contributed by atoms with E-state index < -0.39 is 6.17 Å². The Bertz CT molecular complexity index is 1170. The number of hydrogen-bond donors (Lipinski definition) is 1. The second kappa shape index (κ2) is 13.9. The van der Waals surface area contributed by atoms with Crippen LogP contribution < -0.4 is 5.73 Å². The Balaban J connectivity index is 0.000000256. The molecule has 4 aliphatic rings. The van der Waals surface area contributed by atoms with Gasteiger partial charge in [-0.15, -0.1) is 0 Å². The number of nitrogens with zero attached hydrogens (tertiary/aromatic N) is 4. The summed E-state index contributed by atoms with van der Waals surface area (Å²) in [7, 11) is 0. The molecule has 40 heavy (non-hydrogen) atoms. The topological polar surface area (TPSA) is 78.8 Å². The molecule has 2 aliphatic carbocycles. The highest BCUT2D eigenvalue weighted by Crippen LogP contribution is 2.41. The van der Waals surface area contributed by atoms with Gasteiger partial charge in [-0.05, 0) is 113 Å². The van der Waals surface area contributed by atoms with E-state index in [4.69, 9.17) is 21.0 Å². The van der Waals surface area contributed by atoms with E-state index in [1.807, 2.05) is 26.0 Å². The minimum Gasteiger partial charge on any atom is -0.398 e. The van der Waals surface area contributed by atoms with Gasteiger partial charge in [-0.2, -0.15) is 5.26 Å². The van der Waals surface area contributed by atoms with Crippen LogP contribution in [0.25, 0.3) is 0 Å². The fraction of sp³-hybridized carbons (Fsp3) is 0.676. The van der Waals surface area contributed by atoms with Crippen molar-refractivity contribution in [2.24, 2.45) is 5.92 Å². The SMILES string of the molecule is CC.CC12CCCN1CC(F)C2.CCc1nc2c(c(C3CCC3)n1)CCC(CCCc1ccc(N)c(C#N)c1)C2. The molecule has 2 aromatic rings. The Labute approximate surface area is 241 Å². The van der Waals surface area contributed by atoms with Crippen LogP contribution in [0.5, 0.6) is 0 Å². The summed E-state index contributed by atoms with van der Waals surface area (Å²) in [5.41, 5.74) is 12.6. The highest BCUT2D eigenvalue weighted by Gasteiger charge is 2.44. The van der Waals surface area contributed by atoms with Gasteiger partial charge in [0.2, 0.25) is 0 Å². The molecule has 3 atom stereocenters. The Morgan fingerprint density at radius 3 is 2.65 bits per heavy atom. The molecule has 2 saturated heterocycles. The molecule has 5 nitrogen and oxygen atoms in total. The van der Waals surface area contributed by atoms with Crippen molar-refractivity contribution in [2.75, 3.05) is 18.8 Å². The predicted octanol–water partition coefficient (Wildman–Crippen LogP) is 7.50. The molecule has 6 heteroatoms. The summed E-state index contributed by atoms with van der Waals surface area (Å²) >= 11 is 0. The van der Waals surface area contributed by atoms with Crippen LogP contribution >= 0.6 is 0 Å². The van der Waals surface area contributed by atoms with Gasteiger partial charge < -0.3 is 5.73 Å². The second-order valence-electron chi connectivity index (χ2n) is 12.3. The molecule has 1 aromatic heterocycles. The summed E-state index contributed by atoms with van der Waals surface area (Å²) in [5, 5.41) is 9.15. The van der Waals surface area contributed by atoms with E-state index >= 15 is 0 Å². The fourth-order valence-electron chi connectivity index (χ4n) is 7.04. The highest BCUT2D eigenvalue weighted by atomic mass is 19.1. The third kappa shape index (κ3) is 7.03. The van der Waals surface area contributed by atoms with Crippen LogP contribution in [0.3, 0.4) is 0 Å². The average Bonchev–Trinajstić information content (AvgIpc) is 3.42. The molecular weight excluding hydrogens is 497 g/mol. The zero-order chi connectivity index (χ0) is 28.7. The first-order valence-corrected chi connectivity index (χ1v) is 15.9. The predicted molar refractivity (Wildman–Crippen MR) is 162 cm³/mol. The summed E-state index contributed by atoms with van der Waals surface area (Å²) in [6.45, 7) is 10.2. The van der Waals surface area contributed by atoms with Gasteiger partial charge in [0.15, 0.2) is 0 Å². The van der Waals surface area contributed by atoms with Gasteiger partial charge >= 0.3 is 0 Å². The minimum atomic E-state index is -0.551. The molecule has 0 amide bonds. The monoisotopic (exact) mass is 547 g/mol. The average molecular weight is 548 g/mol. The number of alkyl halides is 1. The van der Waals surface area contributed by atoms with E-state index in [-0.39, 0.29) is 5.54 Å². The lowest BCUT2D eigenvalue weighted by atomic mass is 9.76. The summed E-state index contributed by atoms with van der Waals surface area (Å²) in [6, 6.07) is 8.03. The van der Waals surface area contributed by atoms with Crippen LogP contribution in [0.4, 0.5) is 10.1 Å². The number of hydrogen-bond acceptors (Lipinski definition) is 5. The second-order valence-corrected chi connectivity index (χ2v) is 12.3. The number of nitrogens with two attached hydrogens (primary N) is 1. The lowest BCUT2D eigenvalue weighted by molar-refractivity contribution is 0.217. The van der Waals surface area contributed by atoms with E-state index in [9.17, 15) is 4.39 Å². The standard InChI is InChI=1S/C24H30N4.C8H14FN.C2H6/c1-2-23-27-22-14-17(9-11-20(22)24(28-23)18-7-4-8-18)6-3-5-16-10-12-21(26)19(13-16)15-25;1-8-3-2-4-10(8)6-7(9)5-8;1-2/h10,12-13,17-18H,2-9,11,14,26H2,1H3;7H,2-6H2,1H3;1-2H3. The van der Waals surface area contributed by atoms with Crippen LogP contribution in [-0.2, 0) is 25.7 Å². The number of nitriles is 1. The van der Waals surface area contributed by atoms with E-state index in [2.05, 4.69) is 30.9 Å². The molecule has 6 rings (SSSR count). The zero-order valence-corrected chi connectivity index (χ0v) is 25.3. The molecule has 1 saturated carbocycles. The van der Waals surface area contributed by atoms with Crippen LogP contribution in [0.15, 0.2) is 18.2 Å². The van der Waals surface area contributed by atoms with E-state index in [0.717, 1.165) is 50.9 Å². The molecular formula is C34H50FN5. The zero-order valence-electron chi connectivity index (χ0n) is 25.3. The maximum atomic E-state index is 12.8. The molecule has 0 radical (unpaired) electrons. The maximum Gasteiger partial charge on any atom is 0.128 e. The Hall–Kier alpha value is -2.52. The molecule has 2 N–H and O–H groups in total. The first-order valence-electron chi connectivity index (χ1n) is 15.9. The van der Waals surface area contributed by atoms with E-state index in [1.165, 1.54) is 67.5 Å². The minimum absolute atomic E-state index is 0.236. The summed E-state index contributed by atoms with van der Waals surface area (Å²) in [6.07, 6.45) is 14.5. The molecule has 0 bridgehead atoms. The van der Waals surface area contributed by atoms with Gasteiger partial charge in [0.25, 0.3) is 0 Å². The van der Waals surface area contributed by atoms with Crippen molar-refractivity contribution in [3.8, 4) is 6.07 Å². The molecule has 3 unspecified atom stereocenters. The third-order valence-electron chi connectivity index (χ3n) is 9.57. The van der Waals surface area contributed by atoms with Crippen molar-refractivity contribution in [1.82, 2.24) is 14.9 Å². The molecule has 3 heterocycles. The van der Waals surface area contributed by atoms with Gasteiger partial charge in [-0.3, -0.25) is 4.90 Å². The number of halogens is 1. The van der Waals surface area contributed by atoms with Gasteiger partial charge in [0.05, 0.1) is 11.3 Å². The van der Waals surface area contributed by atoms with E-state index in [0.29, 0.717) is 29.6 Å². The fourth-order valence-corrected chi connectivity index (χ4v) is 7.04. The van der Waals surface area contributed by atoms with Crippen molar-refractivity contribution in [1.29, 1.82) is 5.26 Å². The quantitative estimate of drug-likeness (QED) is 0.379. The van der Waals surface area contributed by atoms with Gasteiger partial charge in [-0.1, -0.05) is 33.3 Å². The number of aromatic nitrogens is 2. The van der Waals surface area contributed by atoms with E-state index in [1.54, 1.807) is 0 Å². The van der Waals surface area contributed by atoms with Gasteiger partial charge in [-0.25, -0.2) is 14.4 Å². The number of fused-ring (bicyclic) bond motifs is 2. The van der Waals surface area contributed by atoms with Crippen LogP contribution in [0.2, 0.25) is 0 Å². The number of benzene rings is 1. The maximum absolute atomic E-state index is 12.8. The summed E-state index contributed by atoms with van der Waals surface area (Å²) < 4.78 is 12.8. The van der Waals surface area contributed by atoms with Crippen molar-refractivity contribution in [3.63, 3.8) is 0 Å². The molecule has 3 fully saturated rings. The lowest BCUT2D eigenvalue weighted by Crippen LogP contribution is -2.34. The summed E-state index contributed by atoms with van der Waals surface area (Å²) in [5.74, 6) is 2.44. The highest BCUT2D eigenvalue weighted by molar-refractivity contribution is 5.55. The summed E-state index contributed by atoms with van der Waals surface area (Å²) in [4.78, 5) is 12.2. The van der Waals surface area contributed by atoms with Crippen molar-refractivity contribution in [3.05, 3.63) is 52.1 Å². The third-order valence-corrected chi connectivity index (χ3v) is 9.57. The number of anilines is 1. The molecule has 0 spiro atoms. The van der Waals surface area contributed by atoms with Crippen LogP contribution in [0.1, 0.15) is 125 Å². The number of aryl methyl sites for hydroxylation is 2. The normalized spacial score (nSPS) is 25.4. The molecule has 2 aliphatic heterocycles. The van der Waals surface area contributed by atoms with Crippen molar-refractivity contribution < 1.29 is 4.39 Å². The van der Waals surface area contributed by atoms with Crippen LogP contribution in [0, 0.1) is 17.2 Å². The molecule has 1 aromatic carbocycles. The lowest BCUT2D eigenvalue weighted by Gasteiger charge is -2.31. The van der Waals surface area contributed by atoms with Gasteiger partial charge in [0, 0.05) is 35.8 Å². The largest absolute Gasteiger partial charge is 0.398 e.